The molecule has 0 saturated heterocycles. The summed E-state index contributed by atoms with van der Waals surface area (Å²) in [7, 11) is 0. The van der Waals surface area contributed by atoms with Gasteiger partial charge < -0.3 is 9.84 Å². The monoisotopic (exact) mass is 344 g/mol. The molecule has 0 amide bonds. The summed E-state index contributed by atoms with van der Waals surface area (Å²) in [5.74, 6) is 0.765. The molecule has 1 aromatic carbocycles. The summed E-state index contributed by atoms with van der Waals surface area (Å²) < 4.78 is 8.22. The van der Waals surface area contributed by atoms with E-state index in [1.807, 2.05) is 36.5 Å². The zero-order valence-electron chi connectivity index (χ0n) is 9.16. The largest absolute Gasteiger partial charge is 0.491 e. The summed E-state index contributed by atoms with van der Waals surface area (Å²) in [6, 6.07) is 9.46. The van der Waals surface area contributed by atoms with E-state index in [4.69, 9.17) is 4.74 Å². The Labute approximate surface area is 113 Å². The molecule has 0 aliphatic heterocycles. The highest BCUT2D eigenvalue weighted by atomic mass is 127. The lowest BCUT2D eigenvalue weighted by molar-refractivity contribution is 0.0893. The second kappa shape index (κ2) is 6.02. The lowest BCUT2D eigenvalue weighted by atomic mass is 10.3. The Morgan fingerprint density at radius 1 is 1.35 bits per heavy atom. The van der Waals surface area contributed by atoms with Gasteiger partial charge in [0.2, 0.25) is 0 Å². The molecule has 90 valence electrons. The van der Waals surface area contributed by atoms with E-state index in [0.29, 0.717) is 6.54 Å². The van der Waals surface area contributed by atoms with Crippen molar-refractivity contribution in [1.82, 2.24) is 9.78 Å². The van der Waals surface area contributed by atoms with Crippen molar-refractivity contribution in [2.45, 2.75) is 12.6 Å². The first-order valence-electron chi connectivity index (χ1n) is 5.28. The van der Waals surface area contributed by atoms with Gasteiger partial charge in [-0.05, 0) is 34.7 Å². The van der Waals surface area contributed by atoms with Gasteiger partial charge in [0.25, 0.3) is 0 Å². The van der Waals surface area contributed by atoms with Gasteiger partial charge in [-0.2, -0.15) is 5.10 Å². The first kappa shape index (κ1) is 12.4. The number of hydrogen-bond acceptors (Lipinski definition) is 3. The Bertz CT molecular complexity index is 459. The molecule has 1 heterocycles. The lowest BCUT2D eigenvalue weighted by Gasteiger charge is -2.12. The molecule has 0 spiro atoms. The number of benzene rings is 1. The highest BCUT2D eigenvalue weighted by Crippen LogP contribution is 2.09. The number of halogens is 1. The number of para-hydroxylation sites is 1. The van der Waals surface area contributed by atoms with E-state index >= 15 is 0 Å². The molecule has 0 radical (unpaired) electrons. The number of hydrogen-bond donors (Lipinski definition) is 1. The van der Waals surface area contributed by atoms with Gasteiger partial charge in [0.15, 0.2) is 0 Å². The maximum atomic E-state index is 9.78. The molecule has 1 aromatic heterocycles. The van der Waals surface area contributed by atoms with E-state index in [2.05, 4.69) is 27.7 Å². The van der Waals surface area contributed by atoms with E-state index in [1.165, 1.54) is 0 Å². The fourth-order valence-electron chi connectivity index (χ4n) is 1.42. The molecule has 5 heteroatoms. The van der Waals surface area contributed by atoms with Crippen LogP contribution in [0.25, 0.3) is 0 Å². The fraction of sp³-hybridized carbons (Fsp3) is 0.250. The van der Waals surface area contributed by atoms with Gasteiger partial charge in [-0.25, -0.2) is 0 Å². The van der Waals surface area contributed by atoms with Crippen LogP contribution >= 0.6 is 22.6 Å². The average molecular weight is 344 g/mol. The van der Waals surface area contributed by atoms with Crippen molar-refractivity contribution in [3.63, 3.8) is 0 Å². The maximum Gasteiger partial charge on any atom is 0.119 e. The van der Waals surface area contributed by atoms with Gasteiger partial charge in [-0.3, -0.25) is 4.68 Å². The first-order chi connectivity index (χ1) is 8.24. The highest BCUT2D eigenvalue weighted by Gasteiger charge is 2.07. The summed E-state index contributed by atoms with van der Waals surface area (Å²) in [6.07, 6.45) is 3.07. The molecule has 0 aliphatic rings. The molecule has 0 fully saturated rings. The van der Waals surface area contributed by atoms with E-state index in [1.54, 1.807) is 10.9 Å². The zero-order valence-corrected chi connectivity index (χ0v) is 11.3. The number of ether oxygens (including phenoxy) is 1. The van der Waals surface area contributed by atoms with E-state index in [0.717, 1.165) is 9.32 Å². The smallest absolute Gasteiger partial charge is 0.119 e. The highest BCUT2D eigenvalue weighted by molar-refractivity contribution is 14.1. The Morgan fingerprint density at radius 3 is 2.76 bits per heavy atom. The molecule has 1 N–H and O–H groups in total. The van der Waals surface area contributed by atoms with Gasteiger partial charge in [0.1, 0.15) is 18.5 Å². The molecule has 0 aliphatic carbocycles. The van der Waals surface area contributed by atoms with Crippen LogP contribution in [0, 0.1) is 3.57 Å². The van der Waals surface area contributed by atoms with Crippen LogP contribution in [0.5, 0.6) is 5.75 Å². The quantitative estimate of drug-likeness (QED) is 0.844. The van der Waals surface area contributed by atoms with Gasteiger partial charge in [0, 0.05) is 6.20 Å². The van der Waals surface area contributed by atoms with Crippen LogP contribution in [0.15, 0.2) is 42.7 Å². The third-order valence-electron chi connectivity index (χ3n) is 2.19. The van der Waals surface area contributed by atoms with Crippen molar-refractivity contribution in [3.05, 3.63) is 46.3 Å². The van der Waals surface area contributed by atoms with Crippen LogP contribution in [0.4, 0.5) is 0 Å². The number of rotatable bonds is 5. The summed E-state index contributed by atoms with van der Waals surface area (Å²) in [5.41, 5.74) is 0. The minimum Gasteiger partial charge on any atom is -0.491 e. The standard InChI is InChI=1S/C12H13IN2O2/c13-10-6-14-15(7-10)8-11(16)9-17-12-4-2-1-3-5-12/h1-7,11,16H,8-9H2/t11-/m1/s1. The van der Waals surface area contributed by atoms with Crippen LogP contribution in [-0.4, -0.2) is 27.6 Å². The minimum atomic E-state index is -0.564. The Hall–Kier alpha value is -1.08. The second-order valence-electron chi connectivity index (χ2n) is 3.66. The minimum absolute atomic E-state index is 0.264. The molecule has 2 rings (SSSR count). The molecule has 0 bridgehead atoms. The van der Waals surface area contributed by atoms with Crippen molar-refractivity contribution in [2.24, 2.45) is 0 Å². The summed E-state index contributed by atoms with van der Waals surface area (Å²) in [5, 5.41) is 13.9. The van der Waals surface area contributed by atoms with Gasteiger partial charge in [-0.1, -0.05) is 18.2 Å². The van der Waals surface area contributed by atoms with Gasteiger partial charge >= 0.3 is 0 Å². The van der Waals surface area contributed by atoms with E-state index < -0.39 is 6.10 Å². The molecular weight excluding hydrogens is 331 g/mol. The Balaban J connectivity index is 1.80. The third kappa shape index (κ3) is 4.01. The average Bonchev–Trinajstić information content (AvgIpc) is 2.73. The normalized spacial score (nSPS) is 12.4. The summed E-state index contributed by atoms with van der Waals surface area (Å²) >= 11 is 2.18. The number of nitrogens with zero attached hydrogens (tertiary/aromatic N) is 2. The second-order valence-corrected chi connectivity index (χ2v) is 4.90. The van der Waals surface area contributed by atoms with E-state index in [-0.39, 0.29) is 6.61 Å². The van der Waals surface area contributed by atoms with Crippen LogP contribution in [-0.2, 0) is 6.54 Å². The number of aromatic nitrogens is 2. The lowest BCUT2D eigenvalue weighted by Crippen LogP contribution is -2.23. The third-order valence-corrected chi connectivity index (χ3v) is 2.74. The fourth-order valence-corrected chi connectivity index (χ4v) is 1.86. The SMILES string of the molecule is O[C@@H](COc1ccccc1)Cn1cc(I)cn1. The predicted octanol–water partition coefficient (Wildman–Crippen LogP) is 1.93. The number of aliphatic hydroxyl groups excluding tert-OH is 1. The number of aliphatic hydroxyl groups is 1. The predicted molar refractivity (Wildman–Crippen MR) is 72.9 cm³/mol. The van der Waals surface area contributed by atoms with Gasteiger partial charge in [0.05, 0.1) is 16.3 Å². The van der Waals surface area contributed by atoms with Crippen LogP contribution in [0.1, 0.15) is 0 Å². The first-order valence-corrected chi connectivity index (χ1v) is 6.36. The van der Waals surface area contributed by atoms with Crippen LogP contribution in [0.2, 0.25) is 0 Å². The molecule has 1 atom stereocenters. The molecule has 2 aromatic rings. The molecule has 4 nitrogen and oxygen atoms in total. The van der Waals surface area contributed by atoms with Crippen molar-refractivity contribution < 1.29 is 9.84 Å². The molecule has 0 saturated carbocycles. The van der Waals surface area contributed by atoms with Crippen LogP contribution < -0.4 is 4.74 Å². The van der Waals surface area contributed by atoms with Crippen molar-refractivity contribution in [1.29, 1.82) is 0 Å². The van der Waals surface area contributed by atoms with Crippen molar-refractivity contribution >= 4 is 22.6 Å². The van der Waals surface area contributed by atoms with E-state index in [9.17, 15) is 5.11 Å². The van der Waals surface area contributed by atoms with Crippen molar-refractivity contribution in [2.75, 3.05) is 6.61 Å². The summed E-state index contributed by atoms with van der Waals surface area (Å²) in [4.78, 5) is 0. The van der Waals surface area contributed by atoms with Crippen molar-refractivity contribution in [3.8, 4) is 5.75 Å². The molecule has 17 heavy (non-hydrogen) atoms. The van der Waals surface area contributed by atoms with Gasteiger partial charge in [-0.15, -0.1) is 0 Å². The summed E-state index contributed by atoms with van der Waals surface area (Å²) in [6.45, 7) is 0.705. The Kier molecular flexibility index (Phi) is 4.38. The maximum absolute atomic E-state index is 9.78. The molecule has 0 unspecified atom stereocenters. The zero-order chi connectivity index (χ0) is 12.1. The van der Waals surface area contributed by atoms with Crippen LogP contribution in [0.3, 0.4) is 0 Å². The molecular formula is C12H13IN2O2. The Morgan fingerprint density at radius 2 is 2.12 bits per heavy atom. The topological polar surface area (TPSA) is 47.3 Å².